The SMILES string of the molecule is C[C@@H](C/C=C\COCc1ccccc1)OCC=NI. The van der Waals surface area contributed by atoms with Crippen LogP contribution in [0.1, 0.15) is 18.9 Å². The minimum Gasteiger partial charge on any atom is -0.373 e. The molecule has 1 aromatic carbocycles. The third kappa shape index (κ3) is 8.91. The predicted molar refractivity (Wildman–Crippen MR) is 87.8 cm³/mol. The van der Waals surface area contributed by atoms with Gasteiger partial charge in [0, 0.05) is 6.21 Å². The molecule has 3 nitrogen and oxygen atoms in total. The molecular weight excluding hydrogens is 353 g/mol. The predicted octanol–water partition coefficient (Wildman–Crippen LogP) is 3.98. The lowest BCUT2D eigenvalue weighted by atomic mass is 10.2. The van der Waals surface area contributed by atoms with Crippen molar-refractivity contribution >= 4 is 29.1 Å². The lowest BCUT2D eigenvalue weighted by Gasteiger charge is -2.07. The highest BCUT2D eigenvalue weighted by Gasteiger charge is 1.97. The average Bonchev–Trinajstić information content (AvgIpc) is 2.44. The third-order valence-electron chi connectivity index (χ3n) is 2.48. The molecule has 0 fully saturated rings. The molecule has 0 radical (unpaired) electrons. The van der Waals surface area contributed by atoms with E-state index < -0.39 is 0 Å². The van der Waals surface area contributed by atoms with Crippen LogP contribution in [0.3, 0.4) is 0 Å². The van der Waals surface area contributed by atoms with Gasteiger partial charge in [-0.25, -0.2) is 3.21 Å². The summed E-state index contributed by atoms with van der Waals surface area (Å²) in [5, 5.41) is 0. The quantitative estimate of drug-likeness (QED) is 0.284. The second-order valence-electron chi connectivity index (χ2n) is 4.13. The Kier molecular flexibility index (Phi) is 9.57. The number of benzene rings is 1. The molecule has 4 heteroatoms. The molecule has 0 unspecified atom stereocenters. The lowest BCUT2D eigenvalue weighted by Crippen LogP contribution is -2.08. The van der Waals surface area contributed by atoms with E-state index >= 15 is 0 Å². The first kappa shape index (κ1) is 16.3. The summed E-state index contributed by atoms with van der Waals surface area (Å²) < 4.78 is 14.9. The van der Waals surface area contributed by atoms with Gasteiger partial charge < -0.3 is 9.47 Å². The van der Waals surface area contributed by atoms with Gasteiger partial charge in [-0.1, -0.05) is 42.5 Å². The first-order chi connectivity index (χ1) is 9.33. The number of nitrogens with zero attached hydrogens (tertiary/aromatic N) is 1. The third-order valence-corrected chi connectivity index (χ3v) is 2.88. The molecule has 0 spiro atoms. The van der Waals surface area contributed by atoms with Gasteiger partial charge in [0.25, 0.3) is 0 Å². The van der Waals surface area contributed by atoms with Gasteiger partial charge in [-0.15, -0.1) is 0 Å². The van der Waals surface area contributed by atoms with Crippen molar-refractivity contribution < 1.29 is 9.47 Å². The minimum atomic E-state index is 0.208. The normalized spacial score (nSPS) is 13.4. The van der Waals surface area contributed by atoms with Gasteiger partial charge in [-0.05, 0) is 18.9 Å². The van der Waals surface area contributed by atoms with E-state index in [0.717, 1.165) is 6.42 Å². The summed E-state index contributed by atoms with van der Waals surface area (Å²) in [6, 6.07) is 10.2. The van der Waals surface area contributed by atoms with Crippen LogP contribution >= 0.6 is 22.9 Å². The van der Waals surface area contributed by atoms with E-state index in [1.54, 1.807) is 6.21 Å². The average molecular weight is 373 g/mol. The zero-order valence-corrected chi connectivity index (χ0v) is 13.3. The summed E-state index contributed by atoms with van der Waals surface area (Å²) in [5.74, 6) is 0. The van der Waals surface area contributed by atoms with Crippen LogP contribution in [0, 0.1) is 0 Å². The molecule has 0 saturated carbocycles. The molecule has 1 atom stereocenters. The van der Waals surface area contributed by atoms with Gasteiger partial charge in [-0.3, -0.25) is 0 Å². The van der Waals surface area contributed by atoms with E-state index in [-0.39, 0.29) is 6.10 Å². The van der Waals surface area contributed by atoms with Gasteiger partial charge in [0.05, 0.1) is 48.8 Å². The van der Waals surface area contributed by atoms with Crippen LogP contribution in [0.4, 0.5) is 0 Å². The maximum absolute atomic E-state index is 5.55. The molecule has 0 aromatic heterocycles. The fourth-order valence-electron chi connectivity index (χ4n) is 1.48. The molecule has 1 rings (SSSR count). The number of hydrogen-bond acceptors (Lipinski definition) is 3. The highest BCUT2D eigenvalue weighted by molar-refractivity contribution is 14.1. The van der Waals surface area contributed by atoms with Gasteiger partial charge in [0.2, 0.25) is 0 Å². The Labute approximate surface area is 129 Å². The Hall–Kier alpha value is -0.720. The van der Waals surface area contributed by atoms with Crippen molar-refractivity contribution in [2.24, 2.45) is 3.21 Å². The zero-order valence-electron chi connectivity index (χ0n) is 11.2. The monoisotopic (exact) mass is 373 g/mol. The molecule has 0 amide bonds. The smallest absolute Gasteiger partial charge is 0.0828 e. The second kappa shape index (κ2) is 11.1. The number of ether oxygens (including phenoxy) is 2. The standard InChI is InChI=1S/C15H20INO2/c1-14(19-12-10-17-16)7-5-6-11-18-13-15-8-3-2-4-9-15/h2-6,8-10,14H,7,11-13H2,1H3/b6-5-,17-10?/t14-/m0/s1. The van der Waals surface area contributed by atoms with Crippen LogP contribution in [0.2, 0.25) is 0 Å². The molecule has 0 bridgehead atoms. The van der Waals surface area contributed by atoms with Crippen molar-refractivity contribution in [2.75, 3.05) is 13.2 Å². The summed E-state index contributed by atoms with van der Waals surface area (Å²) in [4.78, 5) is 0. The van der Waals surface area contributed by atoms with E-state index in [9.17, 15) is 0 Å². The molecular formula is C15H20INO2. The van der Waals surface area contributed by atoms with Crippen LogP contribution < -0.4 is 0 Å². The van der Waals surface area contributed by atoms with E-state index in [2.05, 4.69) is 28.3 Å². The topological polar surface area (TPSA) is 30.8 Å². The maximum Gasteiger partial charge on any atom is 0.0828 e. The molecule has 0 N–H and O–H groups in total. The lowest BCUT2D eigenvalue weighted by molar-refractivity contribution is 0.100. The van der Waals surface area contributed by atoms with Crippen LogP contribution in [-0.4, -0.2) is 25.5 Å². The molecule has 0 aliphatic rings. The van der Waals surface area contributed by atoms with E-state index in [0.29, 0.717) is 19.8 Å². The Morgan fingerprint density at radius 1 is 1.21 bits per heavy atom. The van der Waals surface area contributed by atoms with E-state index in [1.165, 1.54) is 5.56 Å². The molecule has 0 aliphatic carbocycles. The zero-order chi connectivity index (χ0) is 13.8. The number of hydrogen-bond donors (Lipinski definition) is 0. The highest BCUT2D eigenvalue weighted by Crippen LogP contribution is 2.01. The molecule has 0 heterocycles. The maximum atomic E-state index is 5.55. The van der Waals surface area contributed by atoms with Crippen molar-refractivity contribution in [1.29, 1.82) is 0 Å². The van der Waals surface area contributed by atoms with E-state index in [1.807, 2.05) is 47.1 Å². The molecule has 0 saturated heterocycles. The van der Waals surface area contributed by atoms with Gasteiger partial charge >= 0.3 is 0 Å². The number of halogens is 1. The van der Waals surface area contributed by atoms with Crippen molar-refractivity contribution in [3.63, 3.8) is 0 Å². The Morgan fingerprint density at radius 2 is 2.00 bits per heavy atom. The molecule has 19 heavy (non-hydrogen) atoms. The van der Waals surface area contributed by atoms with Crippen molar-refractivity contribution in [2.45, 2.75) is 26.1 Å². The van der Waals surface area contributed by atoms with Crippen molar-refractivity contribution in [1.82, 2.24) is 0 Å². The van der Waals surface area contributed by atoms with Crippen molar-refractivity contribution in [3.8, 4) is 0 Å². The number of rotatable bonds is 9. The van der Waals surface area contributed by atoms with Gasteiger partial charge in [0.1, 0.15) is 0 Å². The van der Waals surface area contributed by atoms with Gasteiger partial charge in [-0.2, -0.15) is 0 Å². The largest absolute Gasteiger partial charge is 0.373 e. The van der Waals surface area contributed by atoms with Gasteiger partial charge in [0.15, 0.2) is 0 Å². The minimum absolute atomic E-state index is 0.208. The summed E-state index contributed by atoms with van der Waals surface area (Å²) in [7, 11) is 0. The van der Waals surface area contributed by atoms with Crippen molar-refractivity contribution in [3.05, 3.63) is 48.0 Å². The first-order valence-electron chi connectivity index (χ1n) is 6.34. The van der Waals surface area contributed by atoms with Crippen LogP contribution in [0.25, 0.3) is 0 Å². The first-order valence-corrected chi connectivity index (χ1v) is 7.30. The Balaban J connectivity index is 2.04. The summed E-state index contributed by atoms with van der Waals surface area (Å²) >= 11 is 1.94. The summed E-state index contributed by atoms with van der Waals surface area (Å²) in [6.45, 7) is 3.92. The summed E-state index contributed by atoms with van der Waals surface area (Å²) in [6.07, 6.45) is 6.99. The van der Waals surface area contributed by atoms with E-state index in [4.69, 9.17) is 9.47 Å². The molecule has 104 valence electrons. The molecule has 1 aromatic rings. The van der Waals surface area contributed by atoms with Crippen LogP contribution in [0.15, 0.2) is 45.7 Å². The van der Waals surface area contributed by atoms with Crippen LogP contribution in [-0.2, 0) is 16.1 Å². The Morgan fingerprint density at radius 3 is 2.74 bits per heavy atom. The highest BCUT2D eigenvalue weighted by atomic mass is 127. The Bertz CT molecular complexity index is 379. The van der Waals surface area contributed by atoms with Crippen LogP contribution in [0.5, 0.6) is 0 Å². The second-order valence-corrected chi connectivity index (χ2v) is 4.69. The fraction of sp³-hybridized carbons (Fsp3) is 0.400. The molecule has 0 aliphatic heterocycles. The fourth-order valence-corrected chi connectivity index (χ4v) is 1.64. The summed E-state index contributed by atoms with van der Waals surface area (Å²) in [5.41, 5.74) is 1.20.